The second-order valence-corrected chi connectivity index (χ2v) is 5.73. The molecule has 0 aliphatic heterocycles. The highest BCUT2D eigenvalue weighted by Crippen LogP contribution is 2.27. The number of nitrogens with one attached hydrogen (secondary N) is 1. The molecule has 104 valence electrons. The number of benzene rings is 1. The maximum Gasteiger partial charge on any atom is 0.283 e. The fourth-order valence-corrected chi connectivity index (χ4v) is 1.74. The lowest BCUT2D eigenvalue weighted by molar-refractivity contribution is -0.385. The number of hydrogen-bond acceptors (Lipinski definition) is 4. The van der Waals surface area contributed by atoms with Crippen molar-refractivity contribution in [1.82, 2.24) is 0 Å². The van der Waals surface area contributed by atoms with Crippen LogP contribution >= 0.6 is 15.9 Å². The van der Waals surface area contributed by atoms with Gasteiger partial charge in [-0.1, -0.05) is 0 Å². The van der Waals surface area contributed by atoms with Crippen molar-refractivity contribution in [1.29, 1.82) is 0 Å². The van der Waals surface area contributed by atoms with Crippen molar-refractivity contribution in [2.24, 2.45) is 0 Å². The fourth-order valence-electron chi connectivity index (χ4n) is 1.21. The average Bonchev–Trinajstić information content (AvgIpc) is 2.25. The van der Waals surface area contributed by atoms with E-state index in [2.05, 4.69) is 21.2 Å². The SMILES string of the molecule is CC(C)(C)OCC(=O)Nc1ccc([N+](=O)[O-])c(Br)c1. The van der Waals surface area contributed by atoms with Crippen molar-refractivity contribution in [2.75, 3.05) is 11.9 Å². The third-order valence-corrected chi connectivity index (χ3v) is 2.70. The lowest BCUT2D eigenvalue weighted by Gasteiger charge is -2.19. The number of nitrogens with zero attached hydrogens (tertiary/aromatic N) is 1. The van der Waals surface area contributed by atoms with Crippen molar-refractivity contribution in [3.05, 3.63) is 32.8 Å². The lowest BCUT2D eigenvalue weighted by Crippen LogP contribution is -2.27. The summed E-state index contributed by atoms with van der Waals surface area (Å²) < 4.78 is 5.64. The highest BCUT2D eigenvalue weighted by atomic mass is 79.9. The van der Waals surface area contributed by atoms with Gasteiger partial charge in [-0.2, -0.15) is 0 Å². The Labute approximate surface area is 119 Å². The van der Waals surface area contributed by atoms with E-state index in [-0.39, 0.29) is 18.2 Å². The predicted molar refractivity (Wildman–Crippen MR) is 75.1 cm³/mol. The molecule has 0 atom stereocenters. The van der Waals surface area contributed by atoms with Crippen molar-refractivity contribution < 1.29 is 14.5 Å². The molecule has 1 amide bonds. The van der Waals surface area contributed by atoms with Crippen molar-refractivity contribution in [3.63, 3.8) is 0 Å². The van der Waals surface area contributed by atoms with E-state index in [4.69, 9.17) is 4.74 Å². The molecule has 6 nitrogen and oxygen atoms in total. The van der Waals surface area contributed by atoms with E-state index in [9.17, 15) is 14.9 Å². The van der Waals surface area contributed by atoms with Gasteiger partial charge in [-0.25, -0.2) is 0 Å². The molecule has 0 saturated heterocycles. The van der Waals surface area contributed by atoms with Gasteiger partial charge in [0.1, 0.15) is 6.61 Å². The van der Waals surface area contributed by atoms with Crippen LogP contribution in [0.25, 0.3) is 0 Å². The van der Waals surface area contributed by atoms with E-state index < -0.39 is 10.5 Å². The Hall–Kier alpha value is -1.47. The van der Waals surface area contributed by atoms with E-state index in [1.54, 1.807) is 0 Å². The normalized spacial score (nSPS) is 11.2. The van der Waals surface area contributed by atoms with Crippen LogP contribution in [0.1, 0.15) is 20.8 Å². The zero-order valence-corrected chi connectivity index (χ0v) is 12.5. The number of nitro groups is 1. The molecule has 1 rings (SSSR count). The molecule has 0 aliphatic carbocycles. The fraction of sp³-hybridized carbons (Fsp3) is 0.417. The van der Waals surface area contributed by atoms with Gasteiger partial charge in [-0.15, -0.1) is 0 Å². The molecule has 0 aliphatic rings. The highest BCUT2D eigenvalue weighted by molar-refractivity contribution is 9.10. The smallest absolute Gasteiger partial charge is 0.283 e. The minimum absolute atomic E-state index is 0.0519. The number of halogens is 1. The Morgan fingerprint density at radius 3 is 2.58 bits per heavy atom. The van der Waals surface area contributed by atoms with Crippen LogP contribution in [0.2, 0.25) is 0 Å². The largest absolute Gasteiger partial charge is 0.366 e. The zero-order chi connectivity index (χ0) is 14.6. The second-order valence-electron chi connectivity index (χ2n) is 4.87. The summed E-state index contributed by atoms with van der Waals surface area (Å²) >= 11 is 3.08. The van der Waals surface area contributed by atoms with Crippen molar-refractivity contribution in [3.8, 4) is 0 Å². The van der Waals surface area contributed by atoms with Gasteiger partial charge in [0.15, 0.2) is 0 Å². The summed E-state index contributed by atoms with van der Waals surface area (Å²) in [5, 5.41) is 13.2. The molecule has 0 saturated carbocycles. The van der Waals surface area contributed by atoms with Gasteiger partial charge in [-0.3, -0.25) is 14.9 Å². The summed E-state index contributed by atoms with van der Waals surface area (Å²) in [5.41, 5.74) is 0.0249. The monoisotopic (exact) mass is 330 g/mol. The van der Waals surface area contributed by atoms with Crippen molar-refractivity contribution >= 4 is 33.2 Å². The average molecular weight is 331 g/mol. The molecule has 0 bridgehead atoms. The molecule has 0 radical (unpaired) electrons. The summed E-state index contributed by atoms with van der Waals surface area (Å²) in [6.07, 6.45) is 0. The number of ether oxygens (including phenoxy) is 1. The summed E-state index contributed by atoms with van der Waals surface area (Å²) in [7, 11) is 0. The molecule has 0 aromatic heterocycles. The first-order valence-corrected chi connectivity index (χ1v) is 6.36. The molecule has 1 N–H and O–H groups in total. The molecule has 1 aromatic rings. The molecule has 7 heteroatoms. The molecule has 0 heterocycles. The van der Waals surface area contributed by atoms with Gasteiger partial charge < -0.3 is 10.1 Å². The number of hydrogen-bond donors (Lipinski definition) is 1. The Bertz CT molecular complexity index is 497. The van der Waals surface area contributed by atoms with E-state index >= 15 is 0 Å². The maximum absolute atomic E-state index is 11.6. The summed E-state index contributed by atoms with van der Waals surface area (Å²) in [4.78, 5) is 21.7. The Kier molecular flexibility index (Phi) is 5.02. The number of amides is 1. The molecule has 1 aromatic carbocycles. The number of rotatable bonds is 4. The second kappa shape index (κ2) is 6.12. The van der Waals surface area contributed by atoms with Gasteiger partial charge in [0.2, 0.25) is 5.91 Å². The van der Waals surface area contributed by atoms with Gasteiger partial charge in [-0.05, 0) is 48.8 Å². The topological polar surface area (TPSA) is 81.5 Å². The third kappa shape index (κ3) is 5.35. The number of carbonyl (C=O) groups is 1. The highest BCUT2D eigenvalue weighted by Gasteiger charge is 2.15. The first-order valence-electron chi connectivity index (χ1n) is 5.57. The number of carbonyl (C=O) groups excluding carboxylic acids is 1. The van der Waals surface area contributed by atoms with Crippen LogP contribution in [0.15, 0.2) is 22.7 Å². The van der Waals surface area contributed by atoms with E-state index in [0.717, 1.165) is 0 Å². The minimum Gasteiger partial charge on any atom is -0.366 e. The third-order valence-electron chi connectivity index (χ3n) is 2.06. The first-order chi connectivity index (χ1) is 8.69. The van der Waals surface area contributed by atoms with Crippen LogP contribution in [0.5, 0.6) is 0 Å². The molecular formula is C12H15BrN2O4. The number of anilines is 1. The maximum atomic E-state index is 11.6. The Morgan fingerprint density at radius 2 is 2.11 bits per heavy atom. The van der Waals surface area contributed by atoms with Crippen LogP contribution in [-0.4, -0.2) is 23.0 Å². The van der Waals surface area contributed by atoms with Crippen LogP contribution < -0.4 is 5.32 Å². The molecule has 19 heavy (non-hydrogen) atoms. The van der Waals surface area contributed by atoms with Gasteiger partial charge in [0.25, 0.3) is 5.69 Å². The van der Waals surface area contributed by atoms with Gasteiger partial charge in [0.05, 0.1) is 15.0 Å². The summed E-state index contributed by atoms with van der Waals surface area (Å²) in [5.74, 6) is -0.310. The number of nitro benzene ring substituents is 1. The summed E-state index contributed by atoms with van der Waals surface area (Å²) in [6.45, 7) is 5.48. The van der Waals surface area contributed by atoms with Crippen LogP contribution in [-0.2, 0) is 9.53 Å². The quantitative estimate of drug-likeness (QED) is 0.679. The molecular weight excluding hydrogens is 316 g/mol. The summed E-state index contributed by atoms with van der Waals surface area (Å²) in [6, 6.07) is 4.27. The Morgan fingerprint density at radius 1 is 1.47 bits per heavy atom. The van der Waals surface area contributed by atoms with Crippen LogP contribution in [0.4, 0.5) is 11.4 Å². The predicted octanol–water partition coefficient (Wildman–Crippen LogP) is 3.11. The molecule has 0 fully saturated rings. The standard InChI is InChI=1S/C12H15BrN2O4/c1-12(2,3)19-7-11(16)14-8-4-5-10(15(17)18)9(13)6-8/h4-6H,7H2,1-3H3,(H,14,16). The van der Waals surface area contributed by atoms with E-state index in [1.165, 1.54) is 18.2 Å². The van der Waals surface area contributed by atoms with E-state index in [0.29, 0.717) is 10.2 Å². The molecule has 0 unspecified atom stereocenters. The van der Waals surface area contributed by atoms with Crippen molar-refractivity contribution in [2.45, 2.75) is 26.4 Å². The van der Waals surface area contributed by atoms with Gasteiger partial charge >= 0.3 is 0 Å². The van der Waals surface area contributed by atoms with E-state index in [1.807, 2.05) is 20.8 Å². The Balaban J connectivity index is 2.65. The van der Waals surface area contributed by atoms with Crippen LogP contribution in [0.3, 0.4) is 0 Å². The molecule has 0 spiro atoms. The van der Waals surface area contributed by atoms with Gasteiger partial charge in [0, 0.05) is 11.8 Å². The first kappa shape index (κ1) is 15.6. The zero-order valence-electron chi connectivity index (χ0n) is 10.9. The van der Waals surface area contributed by atoms with Crippen LogP contribution in [0, 0.1) is 10.1 Å². The minimum atomic E-state index is -0.502. The lowest BCUT2D eigenvalue weighted by atomic mass is 10.2.